The van der Waals surface area contributed by atoms with Gasteiger partial charge in [-0.2, -0.15) is 5.10 Å². The van der Waals surface area contributed by atoms with Gasteiger partial charge in [0.05, 0.1) is 18.3 Å². The Morgan fingerprint density at radius 2 is 2.05 bits per heavy atom. The molecule has 0 saturated heterocycles. The maximum atomic E-state index is 13.3. The molecule has 2 aromatic rings. The summed E-state index contributed by atoms with van der Waals surface area (Å²) in [6.45, 7) is 5.99. The molecule has 2 rings (SSSR count). The number of aromatic nitrogens is 2. The highest BCUT2D eigenvalue weighted by Crippen LogP contribution is 2.22. The van der Waals surface area contributed by atoms with Crippen LogP contribution in [-0.2, 0) is 6.54 Å². The van der Waals surface area contributed by atoms with Gasteiger partial charge in [-0.05, 0) is 44.5 Å². The Balaban J connectivity index is 2.36. The number of rotatable bonds is 3. The van der Waals surface area contributed by atoms with Crippen LogP contribution in [0.25, 0.3) is 0 Å². The number of nitrogens with zero attached hydrogens (tertiary/aromatic N) is 2. The molecule has 0 radical (unpaired) electrons. The lowest BCUT2D eigenvalue weighted by molar-refractivity contribution is 0.197. The van der Waals surface area contributed by atoms with Crippen molar-refractivity contribution in [1.82, 2.24) is 9.78 Å². The van der Waals surface area contributed by atoms with Gasteiger partial charge in [-0.25, -0.2) is 4.39 Å². The lowest BCUT2D eigenvalue weighted by Gasteiger charge is -2.08. The van der Waals surface area contributed by atoms with Gasteiger partial charge in [-0.1, -0.05) is 15.9 Å². The molecule has 0 fully saturated rings. The summed E-state index contributed by atoms with van der Waals surface area (Å²) in [5.74, 6) is -0.276. The Labute approximate surface area is 120 Å². The van der Waals surface area contributed by atoms with Crippen molar-refractivity contribution in [3.05, 3.63) is 51.0 Å². The van der Waals surface area contributed by atoms with Gasteiger partial charge in [0.25, 0.3) is 0 Å². The molecule has 1 heterocycles. The van der Waals surface area contributed by atoms with E-state index in [0.29, 0.717) is 11.0 Å². The Morgan fingerprint density at radius 1 is 1.37 bits per heavy atom. The van der Waals surface area contributed by atoms with E-state index in [1.807, 2.05) is 19.9 Å². The second-order valence-corrected chi connectivity index (χ2v) is 5.61. The molecule has 1 atom stereocenters. The van der Waals surface area contributed by atoms with Crippen LogP contribution in [0.3, 0.4) is 0 Å². The molecule has 3 nitrogen and oxygen atoms in total. The molecule has 0 aliphatic rings. The summed E-state index contributed by atoms with van der Waals surface area (Å²) < 4.78 is 15.8. The summed E-state index contributed by atoms with van der Waals surface area (Å²) in [7, 11) is 0. The van der Waals surface area contributed by atoms with Gasteiger partial charge in [0.1, 0.15) is 5.82 Å². The van der Waals surface area contributed by atoms with Gasteiger partial charge >= 0.3 is 0 Å². The highest BCUT2D eigenvalue weighted by atomic mass is 79.9. The zero-order chi connectivity index (χ0) is 14.2. The molecule has 19 heavy (non-hydrogen) atoms. The molecule has 0 aliphatic heterocycles. The largest absolute Gasteiger partial charge is 0.389 e. The normalized spacial score (nSPS) is 12.7. The molecular weight excluding hydrogens is 311 g/mol. The van der Waals surface area contributed by atoms with Gasteiger partial charge in [-0.15, -0.1) is 0 Å². The van der Waals surface area contributed by atoms with Crippen molar-refractivity contribution >= 4 is 15.9 Å². The van der Waals surface area contributed by atoms with Crippen LogP contribution in [0, 0.1) is 19.7 Å². The maximum Gasteiger partial charge on any atom is 0.124 e. The highest BCUT2D eigenvalue weighted by Gasteiger charge is 2.15. The third-order valence-electron chi connectivity index (χ3n) is 3.11. The van der Waals surface area contributed by atoms with Crippen molar-refractivity contribution < 1.29 is 9.50 Å². The first kappa shape index (κ1) is 14.2. The standard InChI is InChI=1S/C14H16BrFN2O/c1-8-14(10(3)19)9(2)18(17-8)7-11-4-12(15)6-13(16)5-11/h4-6,10,19H,7H2,1-3H3. The van der Waals surface area contributed by atoms with E-state index in [1.54, 1.807) is 11.6 Å². The summed E-state index contributed by atoms with van der Waals surface area (Å²) in [5, 5.41) is 14.1. The fourth-order valence-corrected chi connectivity index (χ4v) is 2.86. The predicted molar refractivity (Wildman–Crippen MR) is 75.5 cm³/mol. The first-order chi connectivity index (χ1) is 8.88. The van der Waals surface area contributed by atoms with E-state index in [2.05, 4.69) is 21.0 Å². The summed E-state index contributed by atoms with van der Waals surface area (Å²) >= 11 is 3.28. The van der Waals surface area contributed by atoms with E-state index in [-0.39, 0.29) is 5.82 Å². The van der Waals surface area contributed by atoms with Crippen LogP contribution >= 0.6 is 15.9 Å². The van der Waals surface area contributed by atoms with E-state index in [4.69, 9.17) is 0 Å². The van der Waals surface area contributed by atoms with Crippen molar-refractivity contribution in [2.24, 2.45) is 0 Å². The molecule has 1 aromatic carbocycles. The van der Waals surface area contributed by atoms with Crippen molar-refractivity contribution in [2.45, 2.75) is 33.4 Å². The zero-order valence-corrected chi connectivity index (χ0v) is 12.7. The second-order valence-electron chi connectivity index (χ2n) is 4.70. The van der Waals surface area contributed by atoms with Crippen LogP contribution < -0.4 is 0 Å². The maximum absolute atomic E-state index is 13.3. The first-order valence-corrected chi connectivity index (χ1v) is 6.84. The quantitative estimate of drug-likeness (QED) is 0.937. The van der Waals surface area contributed by atoms with Crippen LogP contribution in [0.15, 0.2) is 22.7 Å². The molecule has 0 aliphatic carbocycles. The van der Waals surface area contributed by atoms with Crippen LogP contribution in [-0.4, -0.2) is 14.9 Å². The van der Waals surface area contributed by atoms with Crippen LogP contribution in [0.5, 0.6) is 0 Å². The number of aliphatic hydroxyl groups excluding tert-OH is 1. The Morgan fingerprint density at radius 3 is 2.58 bits per heavy atom. The molecule has 0 saturated carbocycles. The minimum absolute atomic E-state index is 0.276. The molecule has 5 heteroatoms. The monoisotopic (exact) mass is 326 g/mol. The Kier molecular flexibility index (Phi) is 4.06. The van der Waals surface area contributed by atoms with E-state index in [0.717, 1.165) is 22.5 Å². The summed E-state index contributed by atoms with van der Waals surface area (Å²) in [5.41, 5.74) is 3.39. The van der Waals surface area contributed by atoms with Gasteiger partial charge in [0, 0.05) is 15.7 Å². The topological polar surface area (TPSA) is 38.0 Å². The SMILES string of the molecule is Cc1nn(Cc2cc(F)cc(Br)c2)c(C)c1C(C)O. The number of aliphatic hydroxyl groups is 1. The van der Waals surface area contributed by atoms with Crippen molar-refractivity contribution in [3.8, 4) is 0 Å². The Hall–Kier alpha value is -1.20. The summed E-state index contributed by atoms with van der Waals surface area (Å²) in [6, 6.07) is 4.77. The average molecular weight is 327 g/mol. The average Bonchev–Trinajstić information content (AvgIpc) is 2.52. The molecular formula is C14H16BrFN2O. The smallest absolute Gasteiger partial charge is 0.124 e. The molecule has 1 unspecified atom stereocenters. The predicted octanol–water partition coefficient (Wildman–Crippen LogP) is 3.50. The number of hydrogen-bond donors (Lipinski definition) is 1. The van der Waals surface area contributed by atoms with Crippen molar-refractivity contribution in [1.29, 1.82) is 0 Å². The van der Waals surface area contributed by atoms with Gasteiger partial charge in [0.15, 0.2) is 0 Å². The van der Waals surface area contributed by atoms with E-state index in [1.165, 1.54) is 12.1 Å². The summed E-state index contributed by atoms with van der Waals surface area (Å²) in [6.07, 6.45) is -0.548. The van der Waals surface area contributed by atoms with Crippen LogP contribution in [0.2, 0.25) is 0 Å². The molecule has 102 valence electrons. The zero-order valence-electron chi connectivity index (χ0n) is 11.1. The minimum Gasteiger partial charge on any atom is -0.389 e. The van der Waals surface area contributed by atoms with Gasteiger partial charge < -0.3 is 5.11 Å². The van der Waals surface area contributed by atoms with Gasteiger partial charge in [0.2, 0.25) is 0 Å². The third kappa shape index (κ3) is 3.04. The molecule has 1 N–H and O–H groups in total. The number of halogens is 2. The first-order valence-electron chi connectivity index (χ1n) is 6.05. The fraction of sp³-hybridized carbons (Fsp3) is 0.357. The van der Waals surface area contributed by atoms with Crippen LogP contribution in [0.4, 0.5) is 4.39 Å². The second kappa shape index (κ2) is 5.43. The molecule has 0 spiro atoms. The van der Waals surface area contributed by atoms with E-state index in [9.17, 15) is 9.50 Å². The molecule has 1 aromatic heterocycles. The van der Waals surface area contributed by atoms with Crippen molar-refractivity contribution in [3.63, 3.8) is 0 Å². The molecule has 0 amide bonds. The number of aryl methyl sites for hydroxylation is 1. The third-order valence-corrected chi connectivity index (χ3v) is 3.57. The van der Waals surface area contributed by atoms with Crippen molar-refractivity contribution in [2.75, 3.05) is 0 Å². The lowest BCUT2D eigenvalue weighted by atomic mass is 10.1. The number of hydrogen-bond acceptors (Lipinski definition) is 2. The lowest BCUT2D eigenvalue weighted by Crippen LogP contribution is -2.05. The van der Waals surface area contributed by atoms with E-state index >= 15 is 0 Å². The van der Waals surface area contributed by atoms with Crippen LogP contribution in [0.1, 0.15) is 35.5 Å². The fourth-order valence-electron chi connectivity index (χ4n) is 2.34. The van der Waals surface area contributed by atoms with Gasteiger partial charge in [-0.3, -0.25) is 4.68 Å². The summed E-state index contributed by atoms with van der Waals surface area (Å²) in [4.78, 5) is 0. The minimum atomic E-state index is -0.548. The van der Waals surface area contributed by atoms with E-state index < -0.39 is 6.10 Å². The highest BCUT2D eigenvalue weighted by molar-refractivity contribution is 9.10. The molecule has 0 bridgehead atoms. The number of benzene rings is 1. The Bertz CT molecular complexity index is 587.